The Balaban J connectivity index is 1.28. The van der Waals surface area contributed by atoms with E-state index < -0.39 is 0 Å². The maximum atomic E-state index is 10.7. The van der Waals surface area contributed by atoms with E-state index in [2.05, 4.69) is 100 Å². The van der Waals surface area contributed by atoms with Gasteiger partial charge in [0, 0.05) is 43.9 Å². The minimum atomic E-state index is 0.493. The molecular formula is C45H25N5. The van der Waals surface area contributed by atoms with E-state index in [9.17, 15) is 15.8 Å². The second-order valence-corrected chi connectivity index (χ2v) is 12.3. The van der Waals surface area contributed by atoms with Crippen molar-refractivity contribution in [3.05, 3.63) is 168 Å². The molecule has 5 heteroatoms. The van der Waals surface area contributed by atoms with E-state index in [4.69, 9.17) is 0 Å². The third kappa shape index (κ3) is 4.24. The number of fused-ring (bicyclic) bond motifs is 6. The van der Waals surface area contributed by atoms with E-state index in [1.807, 2.05) is 78.9 Å². The van der Waals surface area contributed by atoms with Crippen molar-refractivity contribution in [3.63, 3.8) is 0 Å². The molecule has 7 aromatic carbocycles. The Labute approximate surface area is 287 Å². The summed E-state index contributed by atoms with van der Waals surface area (Å²) in [5.74, 6) is 0. The lowest BCUT2D eigenvalue weighted by molar-refractivity contribution is 1.18. The summed E-state index contributed by atoms with van der Waals surface area (Å²) in [6.07, 6.45) is 0. The predicted molar refractivity (Wildman–Crippen MR) is 200 cm³/mol. The Kier molecular flexibility index (Phi) is 6.56. The minimum Gasteiger partial charge on any atom is -0.309 e. The third-order valence-electron chi connectivity index (χ3n) is 9.65. The quantitative estimate of drug-likeness (QED) is 0.193. The van der Waals surface area contributed by atoms with Crippen molar-refractivity contribution in [2.75, 3.05) is 0 Å². The van der Waals surface area contributed by atoms with Crippen LogP contribution < -0.4 is 0 Å². The van der Waals surface area contributed by atoms with Gasteiger partial charge in [0.1, 0.15) is 0 Å². The average molecular weight is 636 g/mol. The van der Waals surface area contributed by atoms with E-state index in [0.717, 1.165) is 77.2 Å². The monoisotopic (exact) mass is 635 g/mol. The molecule has 0 amide bonds. The van der Waals surface area contributed by atoms with E-state index in [0.29, 0.717) is 16.7 Å². The van der Waals surface area contributed by atoms with E-state index in [-0.39, 0.29) is 0 Å². The van der Waals surface area contributed by atoms with E-state index >= 15 is 0 Å². The number of para-hydroxylation sites is 4. The maximum absolute atomic E-state index is 10.7. The first kappa shape index (κ1) is 28.8. The normalized spacial score (nSPS) is 11.1. The largest absolute Gasteiger partial charge is 0.309 e. The van der Waals surface area contributed by atoms with Crippen molar-refractivity contribution in [1.82, 2.24) is 9.13 Å². The van der Waals surface area contributed by atoms with Gasteiger partial charge in [-0.05, 0) is 66.2 Å². The molecule has 0 aliphatic heterocycles. The van der Waals surface area contributed by atoms with Crippen LogP contribution >= 0.6 is 0 Å². The molecule has 0 aliphatic rings. The van der Waals surface area contributed by atoms with Crippen LogP contribution in [0.15, 0.2) is 152 Å². The van der Waals surface area contributed by atoms with Crippen LogP contribution in [0.5, 0.6) is 0 Å². The van der Waals surface area contributed by atoms with Crippen LogP contribution in [0.3, 0.4) is 0 Å². The molecule has 9 rings (SSSR count). The number of hydrogen-bond donors (Lipinski definition) is 0. The second-order valence-electron chi connectivity index (χ2n) is 12.3. The molecule has 0 bridgehead atoms. The number of hydrogen-bond acceptors (Lipinski definition) is 3. The highest BCUT2D eigenvalue weighted by Crippen LogP contribution is 2.42. The van der Waals surface area contributed by atoms with Gasteiger partial charge in [-0.15, -0.1) is 0 Å². The lowest BCUT2D eigenvalue weighted by atomic mass is 9.88. The topological polar surface area (TPSA) is 81.2 Å². The zero-order valence-corrected chi connectivity index (χ0v) is 26.7. The van der Waals surface area contributed by atoms with Crippen LogP contribution in [-0.2, 0) is 0 Å². The van der Waals surface area contributed by atoms with Gasteiger partial charge >= 0.3 is 0 Å². The van der Waals surface area contributed by atoms with Crippen molar-refractivity contribution in [1.29, 1.82) is 15.8 Å². The van der Waals surface area contributed by atoms with Crippen molar-refractivity contribution in [2.24, 2.45) is 0 Å². The highest BCUT2D eigenvalue weighted by Gasteiger charge is 2.22. The summed E-state index contributed by atoms with van der Waals surface area (Å²) in [6.45, 7) is 0. The van der Waals surface area contributed by atoms with Crippen LogP contribution in [0.4, 0.5) is 0 Å². The fourth-order valence-electron chi connectivity index (χ4n) is 7.54. The molecule has 50 heavy (non-hydrogen) atoms. The van der Waals surface area contributed by atoms with Crippen molar-refractivity contribution in [2.45, 2.75) is 0 Å². The Morgan fingerprint density at radius 1 is 0.380 bits per heavy atom. The van der Waals surface area contributed by atoms with Gasteiger partial charge in [-0.2, -0.15) is 15.8 Å². The summed E-state index contributed by atoms with van der Waals surface area (Å²) >= 11 is 0. The molecule has 5 nitrogen and oxygen atoms in total. The van der Waals surface area contributed by atoms with Gasteiger partial charge in [-0.25, -0.2) is 0 Å². The minimum absolute atomic E-state index is 0.493. The summed E-state index contributed by atoms with van der Waals surface area (Å²) in [5, 5.41) is 35.1. The van der Waals surface area contributed by atoms with Crippen LogP contribution in [0.1, 0.15) is 16.7 Å². The van der Waals surface area contributed by atoms with Gasteiger partial charge in [0.15, 0.2) is 0 Å². The Morgan fingerprint density at radius 3 is 1.64 bits per heavy atom. The average Bonchev–Trinajstić information content (AvgIpc) is 3.70. The van der Waals surface area contributed by atoms with Crippen molar-refractivity contribution in [3.8, 4) is 51.8 Å². The molecular weight excluding hydrogens is 611 g/mol. The number of rotatable bonds is 4. The standard InChI is InChI=1S/C45H25N5/c46-26-29-20-23-44-39(24-29)36-13-3-5-16-40(36)49(44)32-21-22-33(31(25-32)28-48)37-15-9-10-30(27-47)45(37)38-14-4-8-19-43(38)50-41-17-6-1-11-34(41)35-12-2-7-18-42(35)50/h1-25H. The molecule has 0 saturated carbocycles. The number of nitrogens with zero attached hydrogens (tertiary/aromatic N) is 5. The zero-order valence-electron chi connectivity index (χ0n) is 26.7. The smallest absolute Gasteiger partial charge is 0.0998 e. The molecule has 9 aromatic rings. The van der Waals surface area contributed by atoms with Crippen molar-refractivity contribution < 1.29 is 0 Å². The van der Waals surface area contributed by atoms with E-state index in [1.165, 1.54) is 0 Å². The summed E-state index contributed by atoms with van der Waals surface area (Å²) in [6, 6.07) is 57.6. The van der Waals surface area contributed by atoms with Gasteiger partial charge < -0.3 is 9.13 Å². The van der Waals surface area contributed by atoms with Crippen molar-refractivity contribution >= 4 is 43.6 Å². The van der Waals surface area contributed by atoms with Crippen LogP contribution in [0.25, 0.3) is 77.2 Å². The number of aromatic nitrogens is 2. The van der Waals surface area contributed by atoms with Gasteiger partial charge in [-0.3, -0.25) is 0 Å². The first-order chi connectivity index (χ1) is 24.7. The molecule has 230 valence electrons. The number of benzene rings is 7. The van der Waals surface area contributed by atoms with Crippen LogP contribution in [0, 0.1) is 34.0 Å². The molecule has 0 N–H and O–H groups in total. The number of nitriles is 3. The van der Waals surface area contributed by atoms with Gasteiger partial charge in [-0.1, -0.05) is 91.0 Å². The molecule has 0 saturated heterocycles. The molecule has 2 heterocycles. The molecule has 0 unspecified atom stereocenters. The Morgan fingerprint density at radius 2 is 0.960 bits per heavy atom. The summed E-state index contributed by atoms with van der Waals surface area (Å²) in [5.41, 5.74) is 10.7. The molecule has 0 fully saturated rings. The lowest BCUT2D eigenvalue weighted by Crippen LogP contribution is -2.00. The lowest BCUT2D eigenvalue weighted by Gasteiger charge is -2.19. The molecule has 2 aromatic heterocycles. The van der Waals surface area contributed by atoms with Gasteiger partial charge in [0.25, 0.3) is 0 Å². The second kappa shape index (κ2) is 11.4. The first-order valence-corrected chi connectivity index (χ1v) is 16.3. The van der Waals surface area contributed by atoms with Crippen LogP contribution in [0.2, 0.25) is 0 Å². The SMILES string of the molecule is N#Cc1ccc2c(c1)c1ccccc1n2-c1ccc(-c2cccc(C#N)c2-c2ccccc2-n2c3ccccc3c3ccccc32)c(C#N)c1. The summed E-state index contributed by atoms with van der Waals surface area (Å²) in [4.78, 5) is 0. The molecule has 0 spiro atoms. The highest BCUT2D eigenvalue weighted by molar-refractivity contribution is 6.11. The summed E-state index contributed by atoms with van der Waals surface area (Å²) in [7, 11) is 0. The first-order valence-electron chi connectivity index (χ1n) is 16.3. The molecule has 0 atom stereocenters. The predicted octanol–water partition coefficient (Wildman–Crippen LogP) is 10.8. The molecule has 0 aliphatic carbocycles. The van der Waals surface area contributed by atoms with Crippen LogP contribution in [-0.4, -0.2) is 9.13 Å². The van der Waals surface area contributed by atoms with Gasteiger partial charge in [0.05, 0.1) is 62.7 Å². The van der Waals surface area contributed by atoms with Gasteiger partial charge in [0.2, 0.25) is 0 Å². The zero-order chi connectivity index (χ0) is 33.8. The maximum Gasteiger partial charge on any atom is 0.0998 e. The Hall–Kier alpha value is -7.39. The fraction of sp³-hybridized carbons (Fsp3) is 0. The third-order valence-corrected chi connectivity index (χ3v) is 9.65. The fourth-order valence-corrected chi connectivity index (χ4v) is 7.54. The Bertz CT molecular complexity index is 2920. The van der Waals surface area contributed by atoms with E-state index in [1.54, 1.807) is 0 Å². The highest BCUT2D eigenvalue weighted by atomic mass is 15.0. The molecule has 0 radical (unpaired) electrons. The summed E-state index contributed by atoms with van der Waals surface area (Å²) < 4.78 is 4.41.